The van der Waals surface area contributed by atoms with Gasteiger partial charge in [0.2, 0.25) is 0 Å². The number of carbonyl (C=O) groups is 1. The van der Waals surface area contributed by atoms with Gasteiger partial charge in [0.1, 0.15) is 11.6 Å². The molecule has 2 aromatic carbocycles. The fourth-order valence-corrected chi connectivity index (χ4v) is 1.83. The van der Waals surface area contributed by atoms with Gasteiger partial charge >= 0.3 is 0 Å². The van der Waals surface area contributed by atoms with Crippen LogP contribution in [-0.2, 0) is 0 Å². The number of nitrogens with two attached hydrogens (primary N) is 1. The summed E-state index contributed by atoms with van der Waals surface area (Å²) in [5.74, 6) is -1.88. The van der Waals surface area contributed by atoms with E-state index in [-0.39, 0.29) is 11.3 Å². The molecule has 6 heteroatoms. The van der Waals surface area contributed by atoms with Gasteiger partial charge in [-0.15, -0.1) is 0 Å². The van der Waals surface area contributed by atoms with E-state index in [1.165, 1.54) is 12.1 Å². The molecule has 0 heterocycles. The van der Waals surface area contributed by atoms with Gasteiger partial charge in [0.15, 0.2) is 0 Å². The van der Waals surface area contributed by atoms with Crippen molar-refractivity contribution in [3.05, 3.63) is 58.1 Å². The molecule has 1 amide bonds. The number of amides is 1. The summed E-state index contributed by atoms with van der Waals surface area (Å²) in [5.41, 5.74) is 6.15. The second-order valence-corrected chi connectivity index (χ2v) is 4.67. The van der Waals surface area contributed by atoms with E-state index in [1.807, 2.05) is 0 Å². The van der Waals surface area contributed by atoms with Gasteiger partial charge in [-0.1, -0.05) is 0 Å². The van der Waals surface area contributed by atoms with Crippen molar-refractivity contribution in [3.8, 4) is 0 Å². The third-order valence-electron chi connectivity index (χ3n) is 2.44. The number of nitrogens with one attached hydrogen (secondary N) is 1. The molecule has 0 saturated heterocycles. The molecule has 0 bridgehead atoms. The van der Waals surface area contributed by atoms with Crippen molar-refractivity contribution in [1.29, 1.82) is 0 Å². The molecule has 2 rings (SSSR count). The molecule has 98 valence electrons. The third kappa shape index (κ3) is 3.08. The lowest BCUT2D eigenvalue weighted by Gasteiger charge is -2.07. The summed E-state index contributed by atoms with van der Waals surface area (Å²) in [6.07, 6.45) is 0. The molecule has 0 aromatic heterocycles. The van der Waals surface area contributed by atoms with E-state index in [4.69, 9.17) is 5.73 Å². The predicted octanol–water partition coefficient (Wildman–Crippen LogP) is 3.56. The number of hydrogen-bond acceptors (Lipinski definition) is 2. The molecule has 0 radical (unpaired) electrons. The Bertz CT molecular complexity index is 647. The molecule has 0 atom stereocenters. The van der Waals surface area contributed by atoms with E-state index < -0.39 is 17.5 Å². The molecular formula is C13H9BrF2N2O. The van der Waals surface area contributed by atoms with Crippen LogP contribution in [0.4, 0.5) is 20.2 Å². The lowest BCUT2D eigenvalue weighted by Crippen LogP contribution is -2.13. The van der Waals surface area contributed by atoms with Crippen LogP contribution in [0.5, 0.6) is 0 Å². The topological polar surface area (TPSA) is 55.1 Å². The van der Waals surface area contributed by atoms with E-state index in [1.54, 1.807) is 6.07 Å². The molecular weight excluding hydrogens is 318 g/mol. The molecule has 0 aliphatic heterocycles. The number of hydrogen-bond donors (Lipinski definition) is 2. The largest absolute Gasteiger partial charge is 0.398 e. The standard InChI is InChI=1S/C13H9BrF2N2O/c14-9-5-7(1-4-11(9)17)13(19)18-12-6-8(15)2-3-10(12)16/h1-6H,17H2,(H,18,19). The van der Waals surface area contributed by atoms with Crippen LogP contribution in [0.25, 0.3) is 0 Å². The lowest BCUT2D eigenvalue weighted by atomic mass is 10.2. The highest BCUT2D eigenvalue weighted by Gasteiger charge is 2.11. The first-order valence-corrected chi connectivity index (χ1v) is 6.08. The normalized spacial score (nSPS) is 10.3. The predicted molar refractivity (Wildman–Crippen MR) is 72.9 cm³/mol. The van der Waals surface area contributed by atoms with Crippen LogP contribution in [0.1, 0.15) is 10.4 Å². The molecule has 0 unspecified atom stereocenters. The molecule has 19 heavy (non-hydrogen) atoms. The first kappa shape index (κ1) is 13.5. The monoisotopic (exact) mass is 326 g/mol. The Labute approximate surface area is 116 Å². The van der Waals surface area contributed by atoms with Crippen LogP contribution in [0.2, 0.25) is 0 Å². The summed E-state index contributed by atoms with van der Waals surface area (Å²) in [4.78, 5) is 11.9. The third-order valence-corrected chi connectivity index (χ3v) is 3.13. The van der Waals surface area contributed by atoms with Crippen molar-refractivity contribution in [2.75, 3.05) is 11.1 Å². The van der Waals surface area contributed by atoms with Crippen molar-refractivity contribution >= 4 is 33.2 Å². The van der Waals surface area contributed by atoms with Gasteiger partial charge in [-0.05, 0) is 46.3 Å². The number of rotatable bonds is 2. The summed E-state index contributed by atoms with van der Waals surface area (Å²) < 4.78 is 26.9. The van der Waals surface area contributed by atoms with Crippen LogP contribution in [0.3, 0.4) is 0 Å². The molecule has 0 saturated carbocycles. The molecule has 0 aliphatic rings. The zero-order chi connectivity index (χ0) is 14.0. The van der Waals surface area contributed by atoms with Crippen molar-refractivity contribution in [2.45, 2.75) is 0 Å². The van der Waals surface area contributed by atoms with Gasteiger partial charge in [0, 0.05) is 21.8 Å². The van der Waals surface area contributed by atoms with E-state index >= 15 is 0 Å². The molecule has 2 aromatic rings. The second-order valence-electron chi connectivity index (χ2n) is 3.81. The fraction of sp³-hybridized carbons (Fsp3) is 0. The molecule has 0 spiro atoms. The first-order chi connectivity index (χ1) is 8.97. The Morgan fingerprint density at radius 3 is 2.58 bits per heavy atom. The minimum absolute atomic E-state index is 0.210. The van der Waals surface area contributed by atoms with Crippen molar-refractivity contribution < 1.29 is 13.6 Å². The van der Waals surface area contributed by atoms with Crippen LogP contribution in [0.15, 0.2) is 40.9 Å². The van der Waals surface area contributed by atoms with Crippen LogP contribution < -0.4 is 11.1 Å². The number of anilines is 2. The van der Waals surface area contributed by atoms with E-state index in [0.29, 0.717) is 10.2 Å². The Morgan fingerprint density at radius 1 is 1.16 bits per heavy atom. The SMILES string of the molecule is Nc1ccc(C(=O)Nc2cc(F)ccc2F)cc1Br. The lowest BCUT2D eigenvalue weighted by molar-refractivity contribution is 0.102. The minimum atomic E-state index is -0.704. The fourth-order valence-electron chi connectivity index (χ4n) is 1.46. The quantitative estimate of drug-likeness (QED) is 0.829. The van der Waals surface area contributed by atoms with E-state index in [0.717, 1.165) is 18.2 Å². The van der Waals surface area contributed by atoms with Crippen LogP contribution >= 0.6 is 15.9 Å². The van der Waals surface area contributed by atoms with Crippen molar-refractivity contribution in [3.63, 3.8) is 0 Å². The zero-order valence-electron chi connectivity index (χ0n) is 9.58. The summed E-state index contributed by atoms with van der Waals surface area (Å²) in [7, 11) is 0. The van der Waals surface area contributed by atoms with Gasteiger partial charge in [0.25, 0.3) is 5.91 Å². The van der Waals surface area contributed by atoms with Crippen LogP contribution in [-0.4, -0.2) is 5.91 Å². The minimum Gasteiger partial charge on any atom is -0.398 e. The number of nitrogen functional groups attached to an aromatic ring is 1. The Morgan fingerprint density at radius 2 is 1.89 bits per heavy atom. The summed E-state index contributed by atoms with van der Waals surface area (Å²) in [6, 6.07) is 7.38. The highest BCUT2D eigenvalue weighted by atomic mass is 79.9. The van der Waals surface area contributed by atoms with Gasteiger partial charge in [-0.2, -0.15) is 0 Å². The highest BCUT2D eigenvalue weighted by molar-refractivity contribution is 9.10. The van der Waals surface area contributed by atoms with Gasteiger partial charge < -0.3 is 11.1 Å². The Hall–Kier alpha value is -1.95. The molecule has 3 nitrogen and oxygen atoms in total. The Kier molecular flexibility index (Phi) is 3.80. The molecule has 0 fully saturated rings. The second kappa shape index (κ2) is 5.36. The maximum absolute atomic E-state index is 13.4. The molecule has 3 N–H and O–H groups in total. The average molecular weight is 327 g/mol. The van der Waals surface area contributed by atoms with Gasteiger partial charge in [-0.25, -0.2) is 8.78 Å². The molecule has 0 aliphatic carbocycles. The maximum Gasteiger partial charge on any atom is 0.255 e. The highest BCUT2D eigenvalue weighted by Crippen LogP contribution is 2.22. The zero-order valence-corrected chi connectivity index (χ0v) is 11.2. The van der Waals surface area contributed by atoms with E-state index in [9.17, 15) is 13.6 Å². The number of benzene rings is 2. The maximum atomic E-state index is 13.4. The smallest absolute Gasteiger partial charge is 0.255 e. The van der Waals surface area contributed by atoms with Gasteiger partial charge in [0.05, 0.1) is 5.69 Å². The van der Waals surface area contributed by atoms with Crippen molar-refractivity contribution in [1.82, 2.24) is 0 Å². The first-order valence-electron chi connectivity index (χ1n) is 5.29. The van der Waals surface area contributed by atoms with Crippen molar-refractivity contribution in [2.24, 2.45) is 0 Å². The summed E-state index contributed by atoms with van der Waals surface area (Å²) in [5, 5.41) is 2.30. The van der Waals surface area contributed by atoms with E-state index in [2.05, 4.69) is 21.2 Å². The Balaban J connectivity index is 2.25. The van der Waals surface area contributed by atoms with Gasteiger partial charge in [-0.3, -0.25) is 4.79 Å². The summed E-state index contributed by atoms with van der Waals surface area (Å²) in [6.45, 7) is 0. The number of carbonyl (C=O) groups excluding carboxylic acids is 1. The summed E-state index contributed by atoms with van der Waals surface area (Å²) >= 11 is 3.19. The average Bonchev–Trinajstić information content (AvgIpc) is 2.37. The van der Waals surface area contributed by atoms with Crippen LogP contribution in [0, 0.1) is 11.6 Å². The number of halogens is 3.